The predicted octanol–water partition coefficient (Wildman–Crippen LogP) is 4.71. The molecule has 1 aromatic rings. The van der Waals surface area contributed by atoms with Crippen LogP contribution in [0.1, 0.15) is 45.6 Å². The summed E-state index contributed by atoms with van der Waals surface area (Å²) in [6, 6.07) is 6.32. The van der Waals surface area contributed by atoms with Crippen LogP contribution in [0.3, 0.4) is 0 Å². The van der Waals surface area contributed by atoms with Crippen LogP contribution in [0.4, 0.5) is 5.69 Å². The van der Waals surface area contributed by atoms with E-state index >= 15 is 0 Å². The van der Waals surface area contributed by atoms with E-state index in [2.05, 4.69) is 43.1 Å². The Balaban J connectivity index is 2.15. The average molecular weight is 309 g/mol. The third kappa shape index (κ3) is 4.37. The Hall–Kier alpha value is -0.730. The van der Waals surface area contributed by atoms with E-state index in [0.29, 0.717) is 0 Å². The van der Waals surface area contributed by atoms with Gasteiger partial charge in [0.15, 0.2) is 0 Å². The third-order valence-corrected chi connectivity index (χ3v) is 5.06. The Kier molecular flexibility index (Phi) is 6.38. The number of hydrogen-bond acceptors (Lipinski definition) is 2. The second-order valence-electron chi connectivity index (χ2n) is 6.44. The van der Waals surface area contributed by atoms with E-state index in [-0.39, 0.29) is 0 Å². The molecule has 118 valence electrons. The number of rotatable bonds is 5. The van der Waals surface area contributed by atoms with Crippen LogP contribution < -0.4 is 10.2 Å². The van der Waals surface area contributed by atoms with Crippen molar-refractivity contribution in [3.63, 3.8) is 0 Å². The van der Waals surface area contributed by atoms with Crippen LogP contribution in [0.15, 0.2) is 18.2 Å². The second-order valence-corrected chi connectivity index (χ2v) is 6.85. The number of anilines is 1. The molecule has 1 saturated heterocycles. The van der Waals surface area contributed by atoms with Crippen molar-refractivity contribution >= 4 is 17.3 Å². The van der Waals surface area contributed by atoms with Gasteiger partial charge in [0.25, 0.3) is 0 Å². The molecule has 0 saturated carbocycles. The highest BCUT2D eigenvalue weighted by Gasteiger charge is 2.21. The summed E-state index contributed by atoms with van der Waals surface area (Å²) in [7, 11) is 0. The van der Waals surface area contributed by atoms with Crippen molar-refractivity contribution in [3.05, 3.63) is 28.8 Å². The molecule has 0 aliphatic carbocycles. The summed E-state index contributed by atoms with van der Waals surface area (Å²) in [5.74, 6) is 1.66. The fourth-order valence-electron chi connectivity index (χ4n) is 3.30. The van der Waals surface area contributed by atoms with Crippen LogP contribution in [0.5, 0.6) is 0 Å². The molecule has 1 atom stereocenters. The maximum absolute atomic E-state index is 6.44. The van der Waals surface area contributed by atoms with Gasteiger partial charge >= 0.3 is 0 Å². The van der Waals surface area contributed by atoms with Crippen molar-refractivity contribution in [1.82, 2.24) is 5.32 Å². The van der Waals surface area contributed by atoms with Gasteiger partial charge in [-0.15, -0.1) is 0 Å². The average Bonchev–Trinajstić information content (AvgIpc) is 2.71. The van der Waals surface area contributed by atoms with Crippen LogP contribution >= 0.6 is 11.6 Å². The maximum atomic E-state index is 6.44. The summed E-state index contributed by atoms with van der Waals surface area (Å²) >= 11 is 6.44. The summed E-state index contributed by atoms with van der Waals surface area (Å²) in [6.45, 7) is 11.0. The minimum atomic E-state index is 0.797. The van der Waals surface area contributed by atoms with Gasteiger partial charge in [0, 0.05) is 35.9 Å². The number of benzene rings is 1. The van der Waals surface area contributed by atoms with E-state index in [1.807, 2.05) is 6.07 Å². The smallest absolute Gasteiger partial charge is 0.0471 e. The lowest BCUT2D eigenvalue weighted by atomic mass is 9.89. The molecule has 1 N–H and O–H groups in total. The van der Waals surface area contributed by atoms with Crippen molar-refractivity contribution in [3.8, 4) is 0 Å². The lowest BCUT2D eigenvalue weighted by molar-refractivity contribution is 0.351. The predicted molar refractivity (Wildman–Crippen MR) is 93.2 cm³/mol. The zero-order valence-electron chi connectivity index (χ0n) is 13.7. The Bertz CT molecular complexity index is 445. The van der Waals surface area contributed by atoms with Gasteiger partial charge in [-0.05, 0) is 49.8 Å². The second kappa shape index (κ2) is 8.05. The van der Waals surface area contributed by atoms with Gasteiger partial charge in [-0.25, -0.2) is 0 Å². The summed E-state index contributed by atoms with van der Waals surface area (Å²) in [4.78, 5) is 2.54. The molecule has 1 aromatic carbocycles. The third-order valence-electron chi connectivity index (χ3n) is 4.70. The molecule has 1 aliphatic rings. The van der Waals surface area contributed by atoms with Crippen molar-refractivity contribution in [2.75, 3.05) is 24.5 Å². The van der Waals surface area contributed by atoms with Crippen LogP contribution in [0.2, 0.25) is 5.02 Å². The first-order valence-corrected chi connectivity index (χ1v) is 8.74. The van der Waals surface area contributed by atoms with Gasteiger partial charge in [-0.1, -0.05) is 38.4 Å². The fraction of sp³-hybridized carbons (Fsp3) is 0.667. The fourth-order valence-corrected chi connectivity index (χ4v) is 3.53. The van der Waals surface area contributed by atoms with E-state index in [1.54, 1.807) is 0 Å². The molecule has 0 amide bonds. The molecule has 2 nitrogen and oxygen atoms in total. The molecule has 1 aliphatic heterocycles. The molecule has 0 aromatic heterocycles. The van der Waals surface area contributed by atoms with Crippen LogP contribution in [0.25, 0.3) is 0 Å². The zero-order chi connectivity index (χ0) is 15.2. The molecule has 0 bridgehead atoms. The Morgan fingerprint density at radius 1 is 1.29 bits per heavy atom. The normalized spacial score (nSPS) is 19.9. The standard InChI is InChI=1S/C18H29ClN2/c1-4-20-13-16-17(19)8-5-9-18(16)21-11-6-7-15(10-12-21)14(2)3/h5,8-9,14-15,20H,4,6-7,10-13H2,1-3H3. The lowest BCUT2D eigenvalue weighted by Gasteiger charge is -2.27. The lowest BCUT2D eigenvalue weighted by Crippen LogP contribution is -2.27. The summed E-state index contributed by atoms with van der Waals surface area (Å²) < 4.78 is 0. The zero-order valence-corrected chi connectivity index (χ0v) is 14.4. The van der Waals surface area contributed by atoms with Gasteiger partial charge in [-0.2, -0.15) is 0 Å². The van der Waals surface area contributed by atoms with Gasteiger partial charge in [-0.3, -0.25) is 0 Å². The van der Waals surface area contributed by atoms with Crippen molar-refractivity contribution in [2.45, 2.75) is 46.6 Å². The first kappa shape index (κ1) is 16.6. The van der Waals surface area contributed by atoms with Gasteiger partial charge in [0.05, 0.1) is 0 Å². The number of nitrogens with one attached hydrogen (secondary N) is 1. The Morgan fingerprint density at radius 2 is 2.10 bits per heavy atom. The largest absolute Gasteiger partial charge is 0.371 e. The van der Waals surface area contributed by atoms with Crippen LogP contribution in [0, 0.1) is 11.8 Å². The van der Waals surface area contributed by atoms with Gasteiger partial charge in [0.2, 0.25) is 0 Å². The molecule has 21 heavy (non-hydrogen) atoms. The molecule has 1 unspecified atom stereocenters. The number of hydrogen-bond donors (Lipinski definition) is 1. The molecule has 2 rings (SSSR count). The number of halogens is 1. The van der Waals surface area contributed by atoms with E-state index in [4.69, 9.17) is 11.6 Å². The van der Waals surface area contributed by atoms with E-state index in [0.717, 1.165) is 43.0 Å². The number of nitrogens with zero attached hydrogens (tertiary/aromatic N) is 1. The highest BCUT2D eigenvalue weighted by Crippen LogP contribution is 2.31. The summed E-state index contributed by atoms with van der Waals surface area (Å²) in [6.07, 6.45) is 3.94. The Labute approximate surface area is 134 Å². The molecular weight excluding hydrogens is 280 g/mol. The molecular formula is C18H29ClN2. The van der Waals surface area contributed by atoms with Crippen LogP contribution in [-0.2, 0) is 6.54 Å². The SMILES string of the molecule is CCNCc1c(Cl)cccc1N1CCCC(C(C)C)CC1. The van der Waals surface area contributed by atoms with Crippen molar-refractivity contribution in [2.24, 2.45) is 11.8 Å². The quantitative estimate of drug-likeness (QED) is 0.847. The first-order chi connectivity index (χ1) is 10.1. The minimum Gasteiger partial charge on any atom is -0.371 e. The highest BCUT2D eigenvalue weighted by atomic mass is 35.5. The highest BCUT2D eigenvalue weighted by molar-refractivity contribution is 6.31. The van der Waals surface area contributed by atoms with Gasteiger partial charge in [0.1, 0.15) is 0 Å². The molecule has 1 heterocycles. The molecule has 3 heteroatoms. The van der Waals surface area contributed by atoms with Crippen LogP contribution in [-0.4, -0.2) is 19.6 Å². The molecule has 0 radical (unpaired) electrons. The van der Waals surface area contributed by atoms with Crippen molar-refractivity contribution < 1.29 is 0 Å². The van der Waals surface area contributed by atoms with E-state index in [9.17, 15) is 0 Å². The minimum absolute atomic E-state index is 0.797. The topological polar surface area (TPSA) is 15.3 Å². The summed E-state index contributed by atoms with van der Waals surface area (Å²) in [5.41, 5.74) is 2.58. The van der Waals surface area contributed by atoms with E-state index in [1.165, 1.54) is 30.5 Å². The monoisotopic (exact) mass is 308 g/mol. The van der Waals surface area contributed by atoms with Gasteiger partial charge < -0.3 is 10.2 Å². The van der Waals surface area contributed by atoms with Crippen molar-refractivity contribution in [1.29, 1.82) is 0 Å². The summed E-state index contributed by atoms with van der Waals surface area (Å²) in [5, 5.41) is 4.30. The molecule has 1 fully saturated rings. The van der Waals surface area contributed by atoms with E-state index < -0.39 is 0 Å². The first-order valence-electron chi connectivity index (χ1n) is 8.36. The Morgan fingerprint density at radius 3 is 2.81 bits per heavy atom. The maximum Gasteiger partial charge on any atom is 0.0471 e. The molecule has 0 spiro atoms.